The average molecular weight is 330 g/mol. The van der Waals surface area contributed by atoms with Gasteiger partial charge in [0.2, 0.25) is 20.0 Å². The molecule has 0 amide bonds. The molecule has 0 radical (unpaired) electrons. The van der Waals surface area contributed by atoms with E-state index in [-0.39, 0.29) is 15.8 Å². The van der Waals surface area contributed by atoms with Gasteiger partial charge in [0.15, 0.2) is 0 Å². The SMILES string of the molecule is NS(=O)(=O)c1ccccc1S(=O)(=O)NC1CC2CCC1C2. The van der Waals surface area contributed by atoms with Crippen molar-refractivity contribution < 1.29 is 16.8 Å². The van der Waals surface area contributed by atoms with Crippen LogP contribution >= 0.6 is 0 Å². The third-order valence-corrected chi connectivity index (χ3v) is 7.14. The molecule has 0 aromatic heterocycles. The Morgan fingerprint density at radius 3 is 2.19 bits per heavy atom. The van der Waals surface area contributed by atoms with Crippen molar-refractivity contribution in [2.45, 2.75) is 41.5 Å². The number of fused-ring (bicyclic) bond motifs is 2. The smallest absolute Gasteiger partial charge is 0.225 e. The Balaban J connectivity index is 1.93. The third kappa shape index (κ3) is 2.85. The summed E-state index contributed by atoms with van der Waals surface area (Å²) < 4.78 is 50.8. The third-order valence-electron chi connectivity index (χ3n) is 4.49. The monoisotopic (exact) mass is 330 g/mol. The van der Waals surface area contributed by atoms with Gasteiger partial charge in [-0.05, 0) is 43.2 Å². The molecule has 0 aliphatic heterocycles. The van der Waals surface area contributed by atoms with Crippen molar-refractivity contribution in [2.75, 3.05) is 0 Å². The lowest BCUT2D eigenvalue weighted by atomic mass is 9.96. The molecule has 3 atom stereocenters. The van der Waals surface area contributed by atoms with Crippen LogP contribution in [0.25, 0.3) is 0 Å². The minimum atomic E-state index is -4.08. The molecule has 0 heterocycles. The molecular formula is C13H18N2O4S2. The maximum Gasteiger partial charge on any atom is 0.242 e. The van der Waals surface area contributed by atoms with E-state index >= 15 is 0 Å². The lowest BCUT2D eigenvalue weighted by molar-refractivity contribution is 0.390. The highest BCUT2D eigenvalue weighted by Crippen LogP contribution is 2.44. The quantitative estimate of drug-likeness (QED) is 0.851. The normalized spacial score (nSPS) is 28.9. The molecule has 3 N–H and O–H groups in total. The Kier molecular flexibility index (Phi) is 3.59. The van der Waals surface area contributed by atoms with Crippen LogP contribution in [0.15, 0.2) is 34.1 Å². The van der Waals surface area contributed by atoms with Crippen LogP contribution in [0.3, 0.4) is 0 Å². The van der Waals surface area contributed by atoms with Gasteiger partial charge in [-0.25, -0.2) is 26.7 Å². The summed E-state index contributed by atoms with van der Waals surface area (Å²) in [4.78, 5) is -0.629. The summed E-state index contributed by atoms with van der Waals surface area (Å²) in [6.45, 7) is 0. The van der Waals surface area contributed by atoms with Gasteiger partial charge in [0.05, 0.1) is 0 Å². The molecule has 2 aliphatic carbocycles. The first-order chi connectivity index (χ1) is 9.77. The van der Waals surface area contributed by atoms with E-state index in [0.717, 1.165) is 25.7 Å². The van der Waals surface area contributed by atoms with Gasteiger partial charge in [-0.2, -0.15) is 0 Å². The molecule has 3 rings (SSSR count). The summed E-state index contributed by atoms with van der Waals surface area (Å²) in [5, 5.41) is 5.10. The number of rotatable bonds is 4. The zero-order chi connectivity index (χ0) is 15.3. The number of primary sulfonamides is 1. The van der Waals surface area contributed by atoms with E-state index in [2.05, 4.69) is 4.72 Å². The van der Waals surface area contributed by atoms with E-state index in [9.17, 15) is 16.8 Å². The first kappa shape index (κ1) is 15.0. The van der Waals surface area contributed by atoms with Crippen LogP contribution in [0.2, 0.25) is 0 Å². The predicted octanol–water partition coefficient (Wildman–Crippen LogP) is 0.801. The van der Waals surface area contributed by atoms with Crippen LogP contribution in [-0.4, -0.2) is 22.9 Å². The van der Waals surface area contributed by atoms with Crippen molar-refractivity contribution >= 4 is 20.0 Å². The molecule has 116 valence electrons. The Hall–Kier alpha value is -0.960. The van der Waals surface area contributed by atoms with Crippen molar-refractivity contribution in [3.8, 4) is 0 Å². The van der Waals surface area contributed by atoms with Crippen LogP contribution in [0.5, 0.6) is 0 Å². The molecule has 2 bridgehead atoms. The summed E-state index contributed by atoms with van der Waals surface area (Å²) in [6, 6.07) is 5.34. The Bertz CT molecular complexity index is 758. The molecule has 2 saturated carbocycles. The van der Waals surface area contributed by atoms with Crippen molar-refractivity contribution in [1.29, 1.82) is 0 Å². The van der Waals surface area contributed by atoms with Crippen LogP contribution in [0.1, 0.15) is 25.7 Å². The predicted molar refractivity (Wildman–Crippen MR) is 77.4 cm³/mol. The number of sulfonamides is 2. The van der Waals surface area contributed by atoms with Crippen LogP contribution < -0.4 is 9.86 Å². The molecule has 2 aliphatic rings. The van der Waals surface area contributed by atoms with Crippen LogP contribution in [-0.2, 0) is 20.0 Å². The maximum absolute atomic E-state index is 12.5. The fraction of sp³-hybridized carbons (Fsp3) is 0.538. The van der Waals surface area contributed by atoms with E-state index in [0.29, 0.717) is 11.8 Å². The molecule has 8 heteroatoms. The fourth-order valence-corrected chi connectivity index (χ4v) is 6.26. The van der Waals surface area contributed by atoms with E-state index in [1.54, 1.807) is 0 Å². The molecule has 1 aromatic rings. The summed E-state index contributed by atoms with van der Waals surface area (Å²) in [5.74, 6) is 0.961. The summed E-state index contributed by atoms with van der Waals surface area (Å²) in [7, 11) is -7.97. The van der Waals surface area contributed by atoms with Gasteiger partial charge in [0.1, 0.15) is 9.79 Å². The molecule has 0 saturated heterocycles. The van der Waals surface area contributed by atoms with E-state index < -0.39 is 20.0 Å². The molecule has 6 nitrogen and oxygen atoms in total. The second kappa shape index (κ2) is 5.05. The standard InChI is InChI=1S/C13H18N2O4S2/c14-20(16,17)12-3-1-2-4-13(12)21(18,19)15-11-8-9-5-6-10(11)7-9/h1-4,9-11,15H,5-8H2,(H2,14,16,17). The van der Waals surface area contributed by atoms with Crippen molar-refractivity contribution in [3.63, 3.8) is 0 Å². The Labute approximate surface area is 124 Å². The fourth-order valence-electron chi connectivity index (χ4n) is 3.56. The van der Waals surface area contributed by atoms with E-state index in [4.69, 9.17) is 5.14 Å². The molecule has 2 fully saturated rings. The zero-order valence-electron chi connectivity index (χ0n) is 11.4. The summed E-state index contributed by atoms with van der Waals surface area (Å²) >= 11 is 0. The van der Waals surface area contributed by atoms with Crippen molar-refractivity contribution in [2.24, 2.45) is 17.0 Å². The highest BCUT2D eigenvalue weighted by molar-refractivity contribution is 7.92. The highest BCUT2D eigenvalue weighted by Gasteiger charge is 2.41. The molecule has 3 unspecified atom stereocenters. The highest BCUT2D eigenvalue weighted by atomic mass is 32.2. The molecular weight excluding hydrogens is 312 g/mol. The number of hydrogen-bond acceptors (Lipinski definition) is 4. The van der Waals surface area contributed by atoms with Crippen LogP contribution in [0, 0.1) is 11.8 Å². The minimum absolute atomic E-state index is 0.0951. The van der Waals surface area contributed by atoms with Gasteiger partial charge in [-0.15, -0.1) is 0 Å². The number of nitrogens with one attached hydrogen (secondary N) is 1. The van der Waals surface area contributed by atoms with Gasteiger partial charge in [-0.3, -0.25) is 0 Å². The molecule has 1 aromatic carbocycles. The average Bonchev–Trinajstić information content (AvgIpc) is 2.99. The number of nitrogens with two attached hydrogens (primary N) is 1. The van der Waals surface area contributed by atoms with E-state index in [1.165, 1.54) is 24.3 Å². The van der Waals surface area contributed by atoms with E-state index in [1.807, 2.05) is 0 Å². The lowest BCUT2D eigenvalue weighted by Gasteiger charge is -2.23. The zero-order valence-corrected chi connectivity index (χ0v) is 13.0. The molecule has 0 spiro atoms. The van der Waals surface area contributed by atoms with Gasteiger partial charge in [0, 0.05) is 6.04 Å². The Morgan fingerprint density at radius 1 is 1.00 bits per heavy atom. The first-order valence-electron chi connectivity index (χ1n) is 6.91. The van der Waals surface area contributed by atoms with Gasteiger partial charge >= 0.3 is 0 Å². The summed E-state index contributed by atoms with van der Waals surface area (Å²) in [6.07, 6.45) is 4.09. The topological polar surface area (TPSA) is 106 Å². The first-order valence-corrected chi connectivity index (χ1v) is 9.94. The van der Waals surface area contributed by atoms with Gasteiger partial charge in [-0.1, -0.05) is 18.6 Å². The maximum atomic E-state index is 12.5. The lowest BCUT2D eigenvalue weighted by Crippen LogP contribution is -2.39. The molecule has 21 heavy (non-hydrogen) atoms. The van der Waals surface area contributed by atoms with Gasteiger partial charge in [0.25, 0.3) is 0 Å². The minimum Gasteiger partial charge on any atom is -0.225 e. The number of benzene rings is 1. The second-order valence-electron chi connectivity index (χ2n) is 5.89. The van der Waals surface area contributed by atoms with Gasteiger partial charge < -0.3 is 0 Å². The number of hydrogen-bond donors (Lipinski definition) is 2. The van der Waals surface area contributed by atoms with Crippen molar-refractivity contribution in [1.82, 2.24) is 4.72 Å². The second-order valence-corrected chi connectivity index (χ2v) is 9.11. The van der Waals surface area contributed by atoms with Crippen molar-refractivity contribution in [3.05, 3.63) is 24.3 Å². The largest absolute Gasteiger partial charge is 0.242 e. The Morgan fingerprint density at radius 2 is 1.67 bits per heavy atom. The van der Waals surface area contributed by atoms with Crippen LogP contribution in [0.4, 0.5) is 0 Å². The summed E-state index contributed by atoms with van der Waals surface area (Å²) in [5.41, 5.74) is 0.